The van der Waals surface area contributed by atoms with Gasteiger partial charge in [0.25, 0.3) is 0 Å². The minimum atomic E-state index is 0.812. The Morgan fingerprint density at radius 1 is 1.25 bits per heavy atom. The fourth-order valence-electron chi connectivity index (χ4n) is 1.68. The number of anilines is 1. The number of thioether (sulfide) groups is 1. The summed E-state index contributed by atoms with van der Waals surface area (Å²) in [6.07, 6.45) is 0. The van der Waals surface area contributed by atoms with Gasteiger partial charge in [-0.3, -0.25) is 0 Å². The molecule has 102 valence electrons. The maximum absolute atomic E-state index is 5.98. The second-order valence-corrected chi connectivity index (χ2v) is 7.70. The molecule has 3 rings (SSSR count). The molecule has 2 aromatic heterocycles. The molecular formula is C14H11BrN2S3. The highest BCUT2D eigenvalue weighted by Crippen LogP contribution is 2.32. The molecule has 2 nitrogen and oxygen atoms in total. The number of nitrogen functional groups attached to an aromatic ring is 1. The largest absolute Gasteiger partial charge is 0.398 e. The molecule has 0 amide bonds. The Kier molecular flexibility index (Phi) is 4.45. The van der Waals surface area contributed by atoms with E-state index in [1.54, 1.807) is 34.4 Å². The first-order valence-corrected chi connectivity index (χ1v) is 9.47. The molecule has 20 heavy (non-hydrogen) atoms. The van der Waals surface area contributed by atoms with E-state index in [9.17, 15) is 0 Å². The molecule has 2 N–H and O–H groups in total. The number of thiazole rings is 1. The molecule has 0 aliphatic heterocycles. The van der Waals surface area contributed by atoms with Gasteiger partial charge >= 0.3 is 0 Å². The Balaban J connectivity index is 1.71. The smallest absolute Gasteiger partial charge is 0.124 e. The second-order valence-electron chi connectivity index (χ2n) is 4.13. The topological polar surface area (TPSA) is 38.9 Å². The molecule has 0 atom stereocenters. The standard InChI is InChI=1S/C14H11BrN2S3/c15-10-1-2-12(16)13(5-10)19-7-11-8-20-14(17-11)9-3-4-18-6-9/h1-6,8H,7,16H2. The predicted molar refractivity (Wildman–Crippen MR) is 93.5 cm³/mol. The van der Waals surface area contributed by atoms with Gasteiger partial charge in [0, 0.05) is 37.1 Å². The zero-order valence-electron chi connectivity index (χ0n) is 10.4. The summed E-state index contributed by atoms with van der Waals surface area (Å²) in [5.41, 5.74) is 9.09. The maximum Gasteiger partial charge on any atom is 0.124 e. The van der Waals surface area contributed by atoms with Crippen LogP contribution in [0.3, 0.4) is 0 Å². The molecule has 0 aliphatic rings. The van der Waals surface area contributed by atoms with E-state index in [2.05, 4.69) is 43.1 Å². The predicted octanol–water partition coefficient (Wildman–Crippen LogP) is 5.51. The van der Waals surface area contributed by atoms with Crippen molar-refractivity contribution in [1.82, 2.24) is 4.98 Å². The van der Waals surface area contributed by atoms with Gasteiger partial charge in [-0.25, -0.2) is 4.98 Å². The molecule has 3 aromatic rings. The highest BCUT2D eigenvalue weighted by atomic mass is 79.9. The minimum Gasteiger partial charge on any atom is -0.398 e. The lowest BCUT2D eigenvalue weighted by molar-refractivity contribution is 1.23. The first-order valence-electron chi connectivity index (χ1n) is 5.87. The lowest BCUT2D eigenvalue weighted by Crippen LogP contribution is -1.89. The summed E-state index contributed by atoms with van der Waals surface area (Å²) in [6, 6.07) is 8.03. The van der Waals surface area contributed by atoms with Crippen LogP contribution in [0.4, 0.5) is 5.69 Å². The highest BCUT2D eigenvalue weighted by Gasteiger charge is 2.07. The van der Waals surface area contributed by atoms with Crippen LogP contribution in [0.1, 0.15) is 5.69 Å². The van der Waals surface area contributed by atoms with Crippen LogP contribution in [-0.2, 0) is 5.75 Å². The fourth-order valence-corrected chi connectivity index (χ4v) is 4.72. The van der Waals surface area contributed by atoms with Crippen molar-refractivity contribution in [2.75, 3.05) is 5.73 Å². The van der Waals surface area contributed by atoms with E-state index in [4.69, 9.17) is 5.73 Å². The quantitative estimate of drug-likeness (QED) is 0.477. The molecule has 0 saturated carbocycles. The van der Waals surface area contributed by atoms with Crippen molar-refractivity contribution in [3.05, 3.63) is 50.6 Å². The molecule has 0 bridgehead atoms. The Labute approximate surface area is 138 Å². The van der Waals surface area contributed by atoms with Gasteiger partial charge in [0.05, 0.1) is 5.69 Å². The molecule has 0 saturated heterocycles. The van der Waals surface area contributed by atoms with Gasteiger partial charge in [-0.15, -0.1) is 23.1 Å². The van der Waals surface area contributed by atoms with Crippen LogP contribution in [0, 0.1) is 0 Å². The average Bonchev–Trinajstić information content (AvgIpc) is 3.09. The zero-order valence-corrected chi connectivity index (χ0v) is 14.4. The Hall–Kier alpha value is -0.820. The lowest BCUT2D eigenvalue weighted by Gasteiger charge is -2.04. The molecule has 0 unspecified atom stereocenters. The number of benzene rings is 1. The van der Waals surface area contributed by atoms with E-state index < -0.39 is 0 Å². The van der Waals surface area contributed by atoms with Crippen LogP contribution in [-0.4, -0.2) is 4.98 Å². The zero-order chi connectivity index (χ0) is 13.9. The van der Waals surface area contributed by atoms with Crippen LogP contribution in [0.5, 0.6) is 0 Å². The van der Waals surface area contributed by atoms with Gasteiger partial charge in [-0.05, 0) is 29.6 Å². The third kappa shape index (κ3) is 3.25. The van der Waals surface area contributed by atoms with Gasteiger partial charge in [0.2, 0.25) is 0 Å². The summed E-state index contributed by atoms with van der Waals surface area (Å²) < 4.78 is 1.05. The third-order valence-corrected chi connectivity index (χ3v) is 5.89. The molecule has 0 aliphatic carbocycles. The van der Waals surface area contributed by atoms with Crippen LogP contribution >= 0.6 is 50.4 Å². The summed E-state index contributed by atoms with van der Waals surface area (Å²) in [7, 11) is 0. The monoisotopic (exact) mass is 382 g/mol. The summed E-state index contributed by atoms with van der Waals surface area (Å²) >= 11 is 8.58. The first kappa shape index (κ1) is 14.1. The Morgan fingerprint density at radius 2 is 2.15 bits per heavy atom. The summed E-state index contributed by atoms with van der Waals surface area (Å²) in [4.78, 5) is 5.76. The maximum atomic E-state index is 5.98. The van der Waals surface area contributed by atoms with Crippen LogP contribution in [0.2, 0.25) is 0 Å². The number of halogens is 1. The normalized spacial score (nSPS) is 10.8. The molecule has 6 heteroatoms. The van der Waals surface area contributed by atoms with E-state index in [1.165, 1.54) is 5.56 Å². The van der Waals surface area contributed by atoms with E-state index >= 15 is 0 Å². The molecule has 0 spiro atoms. The van der Waals surface area contributed by atoms with Crippen LogP contribution < -0.4 is 5.73 Å². The van der Waals surface area contributed by atoms with Crippen molar-refractivity contribution in [2.45, 2.75) is 10.6 Å². The summed E-state index contributed by atoms with van der Waals surface area (Å²) in [5.74, 6) is 0.835. The fraction of sp³-hybridized carbons (Fsp3) is 0.0714. The number of aromatic nitrogens is 1. The molecular weight excluding hydrogens is 372 g/mol. The number of nitrogens with zero attached hydrogens (tertiary/aromatic N) is 1. The van der Waals surface area contributed by atoms with Crippen LogP contribution in [0.25, 0.3) is 10.6 Å². The van der Waals surface area contributed by atoms with E-state index in [1.807, 2.05) is 18.2 Å². The molecule has 2 heterocycles. The van der Waals surface area contributed by atoms with Gasteiger partial charge in [-0.2, -0.15) is 11.3 Å². The molecule has 0 radical (unpaired) electrons. The Bertz CT molecular complexity index is 707. The Morgan fingerprint density at radius 3 is 2.95 bits per heavy atom. The molecule has 0 fully saturated rings. The third-order valence-electron chi connectivity index (χ3n) is 2.67. The van der Waals surface area contributed by atoms with Gasteiger partial charge in [-0.1, -0.05) is 15.9 Å². The highest BCUT2D eigenvalue weighted by molar-refractivity contribution is 9.10. The van der Waals surface area contributed by atoms with Gasteiger partial charge in [0.1, 0.15) is 5.01 Å². The van der Waals surface area contributed by atoms with Crippen molar-refractivity contribution in [3.63, 3.8) is 0 Å². The number of hydrogen-bond acceptors (Lipinski definition) is 5. The SMILES string of the molecule is Nc1ccc(Br)cc1SCc1csc(-c2ccsc2)n1. The summed E-state index contributed by atoms with van der Waals surface area (Å²) in [5, 5.41) is 7.41. The van der Waals surface area contributed by atoms with Crippen molar-refractivity contribution in [2.24, 2.45) is 0 Å². The van der Waals surface area contributed by atoms with Crippen molar-refractivity contribution >= 4 is 56.1 Å². The van der Waals surface area contributed by atoms with E-state index in [-0.39, 0.29) is 0 Å². The second kappa shape index (κ2) is 6.30. The number of rotatable bonds is 4. The minimum absolute atomic E-state index is 0.812. The number of hydrogen-bond donors (Lipinski definition) is 1. The van der Waals surface area contributed by atoms with E-state index in [0.29, 0.717) is 0 Å². The van der Waals surface area contributed by atoms with Crippen molar-refractivity contribution in [1.29, 1.82) is 0 Å². The number of thiophene rings is 1. The van der Waals surface area contributed by atoms with Gasteiger partial charge < -0.3 is 5.73 Å². The van der Waals surface area contributed by atoms with Gasteiger partial charge in [0.15, 0.2) is 0 Å². The van der Waals surface area contributed by atoms with Crippen molar-refractivity contribution < 1.29 is 0 Å². The van der Waals surface area contributed by atoms with Crippen LogP contribution in [0.15, 0.2) is 49.8 Å². The van der Waals surface area contributed by atoms with Crippen molar-refractivity contribution in [3.8, 4) is 10.6 Å². The first-order chi connectivity index (χ1) is 9.72. The molecule has 1 aromatic carbocycles. The van der Waals surface area contributed by atoms with E-state index in [0.717, 1.165) is 31.5 Å². The lowest BCUT2D eigenvalue weighted by atomic mass is 10.3. The average molecular weight is 383 g/mol. The summed E-state index contributed by atoms with van der Waals surface area (Å²) in [6.45, 7) is 0. The number of nitrogens with two attached hydrogens (primary N) is 1.